The summed E-state index contributed by atoms with van der Waals surface area (Å²) in [5.41, 5.74) is 0.474. The number of β-amino-alcohol motifs (C(OH)–C–C–N with tert-alkyl or cyclic N) is 1. The number of hydrogen-bond acceptors (Lipinski definition) is 3. The molecule has 2 heterocycles. The number of amides is 2. The highest BCUT2D eigenvalue weighted by atomic mass is 19.1. The molecule has 0 aromatic heterocycles. The van der Waals surface area contributed by atoms with Crippen molar-refractivity contribution >= 4 is 11.8 Å². The predicted octanol–water partition coefficient (Wildman–Crippen LogP) is 1.98. The van der Waals surface area contributed by atoms with Crippen LogP contribution in [-0.2, 0) is 16.0 Å². The molecule has 0 radical (unpaired) electrons. The van der Waals surface area contributed by atoms with E-state index in [4.69, 9.17) is 0 Å². The van der Waals surface area contributed by atoms with E-state index in [0.29, 0.717) is 38.2 Å². The second-order valence-electron chi connectivity index (χ2n) is 7.77. The Hall–Kier alpha value is -1.95. The van der Waals surface area contributed by atoms with Crippen LogP contribution >= 0.6 is 0 Å². The van der Waals surface area contributed by atoms with E-state index in [1.54, 1.807) is 30.0 Å². The van der Waals surface area contributed by atoms with Crippen molar-refractivity contribution in [1.82, 2.24) is 9.80 Å². The highest BCUT2D eigenvalue weighted by Crippen LogP contribution is 2.40. The smallest absolute Gasteiger partial charge is 0.227 e. The Kier molecular flexibility index (Phi) is 5.61. The van der Waals surface area contributed by atoms with E-state index >= 15 is 0 Å². The Morgan fingerprint density at radius 3 is 2.62 bits per heavy atom. The fourth-order valence-electron chi connectivity index (χ4n) is 4.14. The second-order valence-corrected chi connectivity index (χ2v) is 7.77. The molecule has 0 aliphatic carbocycles. The maximum atomic E-state index is 13.8. The van der Waals surface area contributed by atoms with Gasteiger partial charge in [0.15, 0.2) is 0 Å². The lowest BCUT2D eigenvalue weighted by Crippen LogP contribution is -2.53. The highest BCUT2D eigenvalue weighted by Gasteiger charge is 2.41. The van der Waals surface area contributed by atoms with Gasteiger partial charge in [0.2, 0.25) is 11.8 Å². The molecular weight excluding hydrogens is 335 g/mol. The zero-order valence-corrected chi connectivity index (χ0v) is 15.3. The second kappa shape index (κ2) is 7.74. The van der Waals surface area contributed by atoms with E-state index in [-0.39, 0.29) is 29.5 Å². The third-order valence-electron chi connectivity index (χ3n) is 5.71. The summed E-state index contributed by atoms with van der Waals surface area (Å²) in [5.74, 6) is -0.277. The van der Waals surface area contributed by atoms with Gasteiger partial charge < -0.3 is 14.9 Å². The van der Waals surface area contributed by atoms with E-state index in [2.05, 4.69) is 0 Å². The first-order chi connectivity index (χ1) is 12.4. The molecule has 1 aromatic carbocycles. The quantitative estimate of drug-likeness (QED) is 0.891. The number of carbonyl (C=O) groups is 2. The van der Waals surface area contributed by atoms with Crippen molar-refractivity contribution < 1.29 is 19.1 Å². The molecule has 1 aromatic rings. The third kappa shape index (κ3) is 4.23. The predicted molar refractivity (Wildman–Crippen MR) is 95.8 cm³/mol. The van der Waals surface area contributed by atoms with Gasteiger partial charge in [-0.2, -0.15) is 0 Å². The van der Waals surface area contributed by atoms with Gasteiger partial charge in [0.05, 0.1) is 12.5 Å². The lowest BCUT2D eigenvalue weighted by molar-refractivity contribution is -0.143. The van der Waals surface area contributed by atoms with Crippen LogP contribution in [0.1, 0.15) is 38.2 Å². The maximum Gasteiger partial charge on any atom is 0.227 e. The monoisotopic (exact) mass is 362 g/mol. The number of piperidine rings is 2. The van der Waals surface area contributed by atoms with Crippen LogP contribution in [0.25, 0.3) is 0 Å². The molecule has 2 amide bonds. The summed E-state index contributed by atoms with van der Waals surface area (Å²) in [6.07, 6.45) is 2.61. The molecule has 1 spiro atoms. The Morgan fingerprint density at radius 1 is 1.27 bits per heavy atom. The number of aliphatic hydroxyl groups is 1. The van der Waals surface area contributed by atoms with E-state index < -0.39 is 6.10 Å². The minimum absolute atomic E-state index is 0.0393. The molecule has 26 heavy (non-hydrogen) atoms. The van der Waals surface area contributed by atoms with E-state index in [9.17, 15) is 19.1 Å². The molecule has 2 saturated heterocycles. The molecule has 0 saturated carbocycles. The topological polar surface area (TPSA) is 60.9 Å². The van der Waals surface area contributed by atoms with E-state index in [1.807, 2.05) is 4.90 Å². The Morgan fingerprint density at radius 2 is 1.96 bits per heavy atom. The van der Waals surface area contributed by atoms with Crippen molar-refractivity contribution in [2.45, 2.75) is 45.1 Å². The normalized spacial score (nSPS) is 21.1. The van der Waals surface area contributed by atoms with Gasteiger partial charge in [-0.1, -0.05) is 18.2 Å². The van der Waals surface area contributed by atoms with Gasteiger partial charge in [-0.05, 0) is 43.2 Å². The fourth-order valence-corrected chi connectivity index (χ4v) is 4.14. The van der Waals surface area contributed by atoms with Crippen LogP contribution in [0.4, 0.5) is 4.39 Å². The van der Waals surface area contributed by atoms with E-state index in [0.717, 1.165) is 19.3 Å². The van der Waals surface area contributed by atoms with Gasteiger partial charge in [-0.3, -0.25) is 9.59 Å². The number of nitrogens with zero attached hydrogens (tertiary/aromatic N) is 2. The lowest BCUT2D eigenvalue weighted by Gasteiger charge is -2.47. The number of rotatable bonds is 4. The molecule has 6 heteroatoms. The fraction of sp³-hybridized carbons (Fsp3) is 0.600. The van der Waals surface area contributed by atoms with Gasteiger partial charge in [0, 0.05) is 32.6 Å². The van der Waals surface area contributed by atoms with Crippen molar-refractivity contribution in [2.24, 2.45) is 5.41 Å². The van der Waals surface area contributed by atoms with Crippen LogP contribution in [-0.4, -0.2) is 59.0 Å². The molecule has 1 atom stereocenters. The van der Waals surface area contributed by atoms with Crippen LogP contribution < -0.4 is 0 Å². The minimum atomic E-state index is -0.531. The van der Waals surface area contributed by atoms with Gasteiger partial charge in [0.1, 0.15) is 5.82 Å². The lowest BCUT2D eigenvalue weighted by atomic mass is 9.72. The summed E-state index contributed by atoms with van der Waals surface area (Å²) in [6.45, 7) is 4.01. The molecular formula is C20H27FN2O3. The summed E-state index contributed by atoms with van der Waals surface area (Å²) < 4.78 is 13.8. The Bertz CT molecular complexity index is 669. The molecule has 2 aliphatic heterocycles. The van der Waals surface area contributed by atoms with E-state index in [1.165, 1.54) is 6.07 Å². The standard InChI is InChI=1S/C20H27FN2O3/c1-15(24)13-23-14-20(7-6-18(23)25)8-10-22(11-9-20)19(26)12-16-4-2-3-5-17(16)21/h2-5,15,24H,6-14H2,1H3. The molecule has 0 bridgehead atoms. The van der Waals surface area contributed by atoms with Crippen LogP contribution in [0.15, 0.2) is 24.3 Å². The Labute approximate surface area is 153 Å². The number of carbonyl (C=O) groups excluding carboxylic acids is 2. The molecule has 2 fully saturated rings. The summed E-state index contributed by atoms with van der Waals surface area (Å²) >= 11 is 0. The molecule has 142 valence electrons. The summed E-state index contributed by atoms with van der Waals surface area (Å²) in [6, 6.07) is 6.40. The largest absolute Gasteiger partial charge is 0.392 e. The zero-order valence-electron chi connectivity index (χ0n) is 15.3. The Balaban J connectivity index is 1.57. The third-order valence-corrected chi connectivity index (χ3v) is 5.71. The molecule has 2 aliphatic rings. The van der Waals surface area contributed by atoms with Crippen LogP contribution in [0.3, 0.4) is 0 Å². The minimum Gasteiger partial charge on any atom is -0.392 e. The number of likely N-dealkylation sites (tertiary alicyclic amines) is 2. The van der Waals surface area contributed by atoms with Gasteiger partial charge >= 0.3 is 0 Å². The summed E-state index contributed by atoms with van der Waals surface area (Å²) in [4.78, 5) is 28.2. The first kappa shape index (κ1) is 18.8. The first-order valence-electron chi connectivity index (χ1n) is 9.36. The highest BCUT2D eigenvalue weighted by molar-refractivity contribution is 5.79. The maximum absolute atomic E-state index is 13.8. The van der Waals surface area contributed by atoms with Crippen molar-refractivity contribution in [2.75, 3.05) is 26.2 Å². The average Bonchev–Trinajstić information content (AvgIpc) is 2.60. The van der Waals surface area contributed by atoms with Crippen molar-refractivity contribution in [3.8, 4) is 0 Å². The van der Waals surface area contributed by atoms with Crippen molar-refractivity contribution in [3.05, 3.63) is 35.6 Å². The van der Waals surface area contributed by atoms with Crippen LogP contribution in [0.5, 0.6) is 0 Å². The van der Waals surface area contributed by atoms with Gasteiger partial charge in [-0.25, -0.2) is 4.39 Å². The zero-order chi connectivity index (χ0) is 18.7. The van der Waals surface area contributed by atoms with Crippen LogP contribution in [0, 0.1) is 11.2 Å². The van der Waals surface area contributed by atoms with Crippen molar-refractivity contribution in [3.63, 3.8) is 0 Å². The SMILES string of the molecule is CC(O)CN1CC2(CCC1=O)CCN(C(=O)Cc1ccccc1F)CC2. The van der Waals surface area contributed by atoms with Crippen LogP contribution in [0.2, 0.25) is 0 Å². The average molecular weight is 362 g/mol. The molecule has 5 nitrogen and oxygen atoms in total. The molecule has 1 N–H and O–H groups in total. The number of halogens is 1. The summed E-state index contributed by atoms with van der Waals surface area (Å²) in [5, 5.41) is 9.61. The van der Waals surface area contributed by atoms with Gasteiger partial charge in [-0.15, -0.1) is 0 Å². The van der Waals surface area contributed by atoms with Crippen molar-refractivity contribution in [1.29, 1.82) is 0 Å². The molecule has 1 unspecified atom stereocenters. The summed E-state index contributed by atoms with van der Waals surface area (Å²) in [7, 11) is 0. The molecule has 3 rings (SSSR count). The van der Waals surface area contributed by atoms with Gasteiger partial charge in [0.25, 0.3) is 0 Å². The number of hydrogen-bond donors (Lipinski definition) is 1. The number of aliphatic hydroxyl groups excluding tert-OH is 1. The number of benzene rings is 1. The first-order valence-corrected chi connectivity index (χ1v) is 9.36.